The molecule has 3 nitrogen and oxygen atoms in total. The lowest BCUT2D eigenvalue weighted by molar-refractivity contribution is -0.136. The van der Waals surface area contributed by atoms with Gasteiger partial charge in [-0.15, -0.1) is 0 Å². The van der Waals surface area contributed by atoms with Crippen LogP contribution >= 0.6 is 11.8 Å². The van der Waals surface area contributed by atoms with Crippen LogP contribution in [0.2, 0.25) is 0 Å². The van der Waals surface area contributed by atoms with Gasteiger partial charge in [0, 0.05) is 9.79 Å². The molecule has 0 saturated carbocycles. The van der Waals surface area contributed by atoms with Crippen LogP contribution in [-0.4, -0.2) is 18.2 Å². The van der Waals surface area contributed by atoms with Crippen LogP contribution in [0.4, 0.5) is 0 Å². The molecule has 0 spiro atoms. The molecule has 0 unspecified atom stereocenters. The molecule has 0 radical (unpaired) electrons. The summed E-state index contributed by atoms with van der Waals surface area (Å²) < 4.78 is 5.19. The summed E-state index contributed by atoms with van der Waals surface area (Å²) in [6.07, 6.45) is 0.0620. The number of aliphatic carboxylic acids is 1. The summed E-state index contributed by atoms with van der Waals surface area (Å²) >= 11 is 1.66. The third-order valence-corrected chi connectivity index (χ3v) is 4.07. The standard InChI is InChI=1S/C16H16O3S/c1-11-9-13(19-2)5-8-15(11)20-14-6-3-12(4-7-14)10-16(17)18/h3-9H,10H2,1-2H3,(H,17,18). The number of ether oxygens (including phenoxy) is 1. The average Bonchev–Trinajstić information content (AvgIpc) is 2.42. The van der Waals surface area contributed by atoms with Gasteiger partial charge in [-0.05, 0) is 48.4 Å². The summed E-state index contributed by atoms with van der Waals surface area (Å²) in [5, 5.41) is 8.74. The molecule has 2 aromatic rings. The molecule has 0 saturated heterocycles. The monoisotopic (exact) mass is 288 g/mol. The van der Waals surface area contributed by atoms with E-state index in [1.54, 1.807) is 18.9 Å². The number of carbonyl (C=O) groups is 1. The van der Waals surface area contributed by atoms with Gasteiger partial charge in [-0.3, -0.25) is 4.79 Å². The second-order valence-corrected chi connectivity index (χ2v) is 5.56. The van der Waals surface area contributed by atoms with Gasteiger partial charge in [-0.1, -0.05) is 23.9 Å². The van der Waals surface area contributed by atoms with Crippen molar-refractivity contribution in [3.63, 3.8) is 0 Å². The van der Waals surface area contributed by atoms with Gasteiger partial charge in [0.05, 0.1) is 13.5 Å². The molecular formula is C16H16O3S. The highest BCUT2D eigenvalue weighted by Gasteiger charge is 2.04. The van der Waals surface area contributed by atoms with E-state index in [0.29, 0.717) is 0 Å². The molecular weight excluding hydrogens is 272 g/mol. The molecule has 0 aromatic heterocycles. The number of rotatable bonds is 5. The molecule has 0 aliphatic heterocycles. The number of benzene rings is 2. The lowest BCUT2D eigenvalue weighted by atomic mass is 10.2. The molecule has 4 heteroatoms. The Morgan fingerprint density at radius 2 is 1.90 bits per heavy atom. The van der Waals surface area contributed by atoms with Crippen molar-refractivity contribution in [1.82, 2.24) is 0 Å². The van der Waals surface area contributed by atoms with E-state index in [2.05, 4.69) is 0 Å². The highest BCUT2D eigenvalue weighted by atomic mass is 32.2. The molecule has 104 valence electrons. The molecule has 2 aromatic carbocycles. The van der Waals surface area contributed by atoms with E-state index in [1.165, 1.54) is 0 Å². The van der Waals surface area contributed by atoms with E-state index in [-0.39, 0.29) is 6.42 Å². The van der Waals surface area contributed by atoms with Crippen molar-refractivity contribution in [2.45, 2.75) is 23.1 Å². The van der Waals surface area contributed by atoms with Gasteiger partial charge < -0.3 is 9.84 Å². The molecule has 0 bridgehead atoms. The fourth-order valence-corrected chi connectivity index (χ4v) is 2.72. The van der Waals surface area contributed by atoms with Gasteiger partial charge in [0.15, 0.2) is 0 Å². The Morgan fingerprint density at radius 3 is 2.45 bits per heavy atom. The van der Waals surface area contributed by atoms with E-state index < -0.39 is 5.97 Å². The summed E-state index contributed by atoms with van der Waals surface area (Å²) in [7, 11) is 1.66. The van der Waals surface area contributed by atoms with Crippen molar-refractivity contribution in [3.05, 3.63) is 53.6 Å². The number of carboxylic acid groups (broad SMARTS) is 1. The van der Waals surface area contributed by atoms with E-state index in [4.69, 9.17) is 9.84 Å². The molecule has 0 atom stereocenters. The Kier molecular flexibility index (Phi) is 4.69. The summed E-state index contributed by atoms with van der Waals surface area (Å²) in [6, 6.07) is 13.6. The van der Waals surface area contributed by atoms with Crippen LogP contribution in [0.3, 0.4) is 0 Å². The van der Waals surface area contributed by atoms with Gasteiger partial charge in [-0.25, -0.2) is 0 Å². The van der Waals surface area contributed by atoms with E-state index in [0.717, 1.165) is 26.7 Å². The molecule has 1 N–H and O–H groups in total. The first-order valence-electron chi connectivity index (χ1n) is 6.21. The maximum absolute atomic E-state index is 10.6. The molecule has 0 aliphatic rings. The first-order chi connectivity index (χ1) is 9.58. The number of methoxy groups -OCH3 is 1. The van der Waals surface area contributed by atoms with Crippen molar-refractivity contribution >= 4 is 17.7 Å². The first-order valence-corrected chi connectivity index (χ1v) is 7.03. The zero-order chi connectivity index (χ0) is 14.5. The van der Waals surface area contributed by atoms with Crippen molar-refractivity contribution in [2.75, 3.05) is 7.11 Å². The highest BCUT2D eigenvalue weighted by Crippen LogP contribution is 2.32. The van der Waals surface area contributed by atoms with Crippen LogP contribution in [0.15, 0.2) is 52.3 Å². The third kappa shape index (κ3) is 3.78. The Balaban J connectivity index is 2.12. The lowest BCUT2D eigenvalue weighted by Crippen LogP contribution is -1.99. The zero-order valence-corrected chi connectivity index (χ0v) is 12.2. The van der Waals surface area contributed by atoms with Gasteiger partial charge in [-0.2, -0.15) is 0 Å². The summed E-state index contributed by atoms with van der Waals surface area (Å²) in [5.74, 6) is 0.0417. The smallest absolute Gasteiger partial charge is 0.307 e. The van der Waals surface area contributed by atoms with Crippen LogP contribution in [0.25, 0.3) is 0 Å². The van der Waals surface area contributed by atoms with Gasteiger partial charge in [0.1, 0.15) is 5.75 Å². The number of hydrogen-bond acceptors (Lipinski definition) is 3. The maximum Gasteiger partial charge on any atom is 0.307 e. The minimum absolute atomic E-state index is 0.0620. The molecule has 0 amide bonds. The summed E-state index contributed by atoms with van der Waals surface area (Å²) in [6.45, 7) is 2.05. The highest BCUT2D eigenvalue weighted by molar-refractivity contribution is 7.99. The van der Waals surface area contributed by atoms with Crippen LogP contribution in [0.5, 0.6) is 5.75 Å². The number of hydrogen-bond donors (Lipinski definition) is 1. The van der Waals surface area contributed by atoms with Crippen molar-refractivity contribution in [3.8, 4) is 5.75 Å². The fraction of sp³-hybridized carbons (Fsp3) is 0.188. The Hall–Kier alpha value is -1.94. The molecule has 2 rings (SSSR count). The Morgan fingerprint density at radius 1 is 1.20 bits per heavy atom. The van der Waals surface area contributed by atoms with Crippen molar-refractivity contribution in [2.24, 2.45) is 0 Å². The predicted octanol–water partition coefficient (Wildman–Crippen LogP) is 3.78. The quantitative estimate of drug-likeness (QED) is 0.909. The molecule has 0 heterocycles. The van der Waals surface area contributed by atoms with Gasteiger partial charge >= 0.3 is 5.97 Å². The topological polar surface area (TPSA) is 46.5 Å². The minimum atomic E-state index is -0.809. The summed E-state index contributed by atoms with van der Waals surface area (Å²) in [5.41, 5.74) is 1.97. The van der Waals surface area contributed by atoms with Crippen molar-refractivity contribution in [1.29, 1.82) is 0 Å². The fourth-order valence-electron chi connectivity index (χ4n) is 1.84. The zero-order valence-electron chi connectivity index (χ0n) is 11.4. The van der Waals surface area contributed by atoms with Crippen LogP contribution in [0.1, 0.15) is 11.1 Å². The predicted molar refractivity (Wildman–Crippen MR) is 79.6 cm³/mol. The summed E-state index contributed by atoms with van der Waals surface area (Å²) in [4.78, 5) is 12.9. The molecule has 20 heavy (non-hydrogen) atoms. The second kappa shape index (κ2) is 6.48. The number of aryl methyl sites for hydroxylation is 1. The average molecular weight is 288 g/mol. The van der Waals surface area contributed by atoms with E-state index in [9.17, 15) is 4.79 Å². The van der Waals surface area contributed by atoms with E-state index in [1.807, 2.05) is 49.4 Å². The Bertz CT molecular complexity index is 606. The van der Waals surface area contributed by atoms with Gasteiger partial charge in [0.25, 0.3) is 0 Å². The van der Waals surface area contributed by atoms with Crippen LogP contribution < -0.4 is 4.74 Å². The molecule has 0 aliphatic carbocycles. The third-order valence-electron chi connectivity index (χ3n) is 2.89. The maximum atomic E-state index is 10.6. The normalized spacial score (nSPS) is 10.3. The lowest BCUT2D eigenvalue weighted by Gasteiger charge is -2.08. The first kappa shape index (κ1) is 14.5. The molecule has 0 fully saturated rings. The number of carboxylic acids is 1. The van der Waals surface area contributed by atoms with E-state index >= 15 is 0 Å². The SMILES string of the molecule is COc1ccc(Sc2ccc(CC(=O)O)cc2)c(C)c1. The van der Waals surface area contributed by atoms with Crippen LogP contribution in [0, 0.1) is 6.92 Å². The second-order valence-electron chi connectivity index (χ2n) is 4.45. The minimum Gasteiger partial charge on any atom is -0.497 e. The van der Waals surface area contributed by atoms with Gasteiger partial charge in [0.2, 0.25) is 0 Å². The van der Waals surface area contributed by atoms with Crippen molar-refractivity contribution < 1.29 is 14.6 Å². The van der Waals surface area contributed by atoms with Crippen LogP contribution in [-0.2, 0) is 11.2 Å². The Labute approximate surface area is 122 Å². The largest absolute Gasteiger partial charge is 0.497 e.